The lowest BCUT2D eigenvalue weighted by Gasteiger charge is -2.30. The van der Waals surface area contributed by atoms with E-state index in [0.717, 1.165) is 72.2 Å². The molecule has 0 bridgehead atoms. The van der Waals surface area contributed by atoms with Gasteiger partial charge in [0.1, 0.15) is 11.9 Å². The van der Waals surface area contributed by atoms with Gasteiger partial charge in [-0.25, -0.2) is 9.78 Å². The van der Waals surface area contributed by atoms with Crippen molar-refractivity contribution >= 4 is 28.4 Å². The predicted octanol–water partition coefficient (Wildman–Crippen LogP) is 6.63. The van der Waals surface area contributed by atoms with Crippen LogP contribution in [0.1, 0.15) is 51.5 Å². The Morgan fingerprint density at radius 2 is 1.97 bits per heavy atom. The summed E-state index contributed by atoms with van der Waals surface area (Å²) in [5.41, 5.74) is 11.5. The average Bonchev–Trinajstić information content (AvgIpc) is 3.55. The van der Waals surface area contributed by atoms with E-state index in [1.807, 2.05) is 54.3 Å². The minimum absolute atomic E-state index is 0.0437. The summed E-state index contributed by atoms with van der Waals surface area (Å²) in [6.07, 6.45) is 11.8. The lowest BCUT2D eigenvalue weighted by atomic mass is 9.92. The van der Waals surface area contributed by atoms with Crippen LogP contribution in [0.5, 0.6) is 5.75 Å². The molecular weight excluding hydrogens is 478 g/mol. The smallest absolute Gasteiger partial charge is 0.411 e. The topological polar surface area (TPSA) is 96.3 Å². The molecular formula is C30H35N5O3. The second-order valence-electron chi connectivity index (χ2n) is 10.5. The maximum Gasteiger partial charge on any atom is 0.411 e. The first-order valence-corrected chi connectivity index (χ1v) is 13.7. The molecule has 8 nitrogen and oxygen atoms in total. The number of amides is 1. The van der Waals surface area contributed by atoms with E-state index in [1.165, 1.54) is 6.42 Å². The van der Waals surface area contributed by atoms with Crippen LogP contribution in [0.25, 0.3) is 22.2 Å². The van der Waals surface area contributed by atoms with Crippen molar-refractivity contribution in [1.82, 2.24) is 14.1 Å². The zero-order valence-electron chi connectivity index (χ0n) is 21.8. The molecule has 1 amide bonds. The molecule has 2 aliphatic carbocycles. The third-order valence-electron chi connectivity index (χ3n) is 7.83. The molecule has 38 heavy (non-hydrogen) atoms. The number of nitrogen functional groups attached to an aromatic ring is 1. The van der Waals surface area contributed by atoms with Gasteiger partial charge in [-0.15, -0.1) is 0 Å². The Balaban J connectivity index is 1.20. The number of nitrogens with zero attached hydrogens (tertiary/aromatic N) is 3. The highest BCUT2D eigenvalue weighted by molar-refractivity contribution is 6.02. The van der Waals surface area contributed by atoms with Crippen LogP contribution in [-0.4, -0.2) is 32.9 Å². The minimum Gasteiger partial charge on any atom is -0.494 e. The third-order valence-corrected chi connectivity index (χ3v) is 7.83. The summed E-state index contributed by atoms with van der Waals surface area (Å²) in [6.45, 7) is 3.45. The van der Waals surface area contributed by atoms with Crippen molar-refractivity contribution in [2.24, 2.45) is 5.92 Å². The molecule has 0 radical (unpaired) electrons. The first-order chi connectivity index (χ1) is 18.6. The molecule has 2 aromatic carbocycles. The number of ether oxygens (including phenoxy) is 2. The molecule has 3 N–H and O–H groups in total. The Morgan fingerprint density at radius 1 is 1.16 bits per heavy atom. The van der Waals surface area contributed by atoms with Crippen LogP contribution >= 0.6 is 0 Å². The first-order valence-electron chi connectivity index (χ1n) is 13.7. The molecule has 0 aliphatic heterocycles. The zero-order valence-corrected chi connectivity index (χ0v) is 21.8. The summed E-state index contributed by atoms with van der Waals surface area (Å²) < 4.78 is 16.0. The van der Waals surface area contributed by atoms with Gasteiger partial charge in [0.15, 0.2) is 0 Å². The van der Waals surface area contributed by atoms with Crippen LogP contribution in [-0.2, 0) is 11.3 Å². The van der Waals surface area contributed by atoms with Gasteiger partial charge in [0.05, 0.1) is 29.8 Å². The van der Waals surface area contributed by atoms with E-state index >= 15 is 0 Å². The first kappa shape index (κ1) is 24.4. The molecule has 0 spiro atoms. The van der Waals surface area contributed by atoms with Gasteiger partial charge in [0.25, 0.3) is 0 Å². The van der Waals surface area contributed by atoms with Crippen molar-refractivity contribution in [2.45, 2.75) is 64.1 Å². The molecule has 198 valence electrons. The van der Waals surface area contributed by atoms with Gasteiger partial charge >= 0.3 is 6.09 Å². The van der Waals surface area contributed by atoms with Crippen molar-refractivity contribution < 1.29 is 14.3 Å². The Bertz CT molecular complexity index is 1400. The Labute approximate surface area is 222 Å². The van der Waals surface area contributed by atoms with Gasteiger partial charge in [0.2, 0.25) is 0 Å². The quantitative estimate of drug-likeness (QED) is 0.232. The lowest BCUT2D eigenvalue weighted by Crippen LogP contribution is -2.21. The molecule has 4 aromatic rings. The van der Waals surface area contributed by atoms with E-state index in [1.54, 1.807) is 6.20 Å². The summed E-state index contributed by atoms with van der Waals surface area (Å²) in [4.78, 5) is 16.4. The van der Waals surface area contributed by atoms with Crippen LogP contribution in [0.4, 0.5) is 16.2 Å². The number of anilines is 2. The number of benzene rings is 2. The van der Waals surface area contributed by atoms with Crippen molar-refractivity contribution in [3.8, 4) is 17.0 Å². The van der Waals surface area contributed by atoms with Crippen LogP contribution < -0.4 is 15.8 Å². The number of carbonyl (C=O) groups is 1. The van der Waals surface area contributed by atoms with Crippen molar-refractivity contribution in [3.05, 3.63) is 61.2 Å². The highest BCUT2D eigenvalue weighted by Crippen LogP contribution is 2.45. The number of rotatable bonds is 10. The van der Waals surface area contributed by atoms with Gasteiger partial charge in [0, 0.05) is 41.6 Å². The Kier molecular flexibility index (Phi) is 6.70. The molecule has 6 rings (SSSR count). The lowest BCUT2D eigenvalue weighted by molar-refractivity contribution is 0.108. The van der Waals surface area contributed by atoms with Crippen LogP contribution in [0, 0.1) is 5.92 Å². The highest BCUT2D eigenvalue weighted by Gasteiger charge is 2.31. The largest absolute Gasteiger partial charge is 0.494 e. The van der Waals surface area contributed by atoms with E-state index in [-0.39, 0.29) is 6.10 Å². The number of nitrogens with one attached hydrogen (secondary N) is 1. The molecule has 2 heterocycles. The number of fused-ring (bicyclic) bond motifs is 1. The van der Waals surface area contributed by atoms with Crippen LogP contribution in [0.15, 0.2) is 61.2 Å². The number of nitrogens with two attached hydrogens (primary N) is 1. The SMILES string of the molecule is C[C@@H](OC(=O)Nc1ccc(-c2c(N)c3cc(OCCCn4ccnc4)ccc3n2C2CCC2)cc1)C1CC1. The molecule has 8 heteroatoms. The van der Waals surface area contributed by atoms with Crippen LogP contribution in [0.2, 0.25) is 0 Å². The summed E-state index contributed by atoms with van der Waals surface area (Å²) >= 11 is 0. The fourth-order valence-electron chi connectivity index (χ4n) is 5.27. The van der Waals surface area contributed by atoms with E-state index < -0.39 is 6.09 Å². The maximum absolute atomic E-state index is 12.3. The molecule has 2 aromatic heterocycles. The normalized spacial score (nSPS) is 16.2. The molecule has 2 fully saturated rings. The van der Waals surface area contributed by atoms with Gasteiger partial charge < -0.3 is 24.3 Å². The summed E-state index contributed by atoms with van der Waals surface area (Å²) in [5, 5.41) is 3.87. The third kappa shape index (κ3) is 5.08. The fourth-order valence-corrected chi connectivity index (χ4v) is 5.27. The standard InChI is InChI=1S/C30H35N5O3/c1-20(21-6-7-21)38-30(36)33-23-10-8-22(9-11-23)29-28(31)26-18-25(37-17-3-15-34-16-14-32-19-34)12-13-27(26)35(29)24-4-2-5-24/h8-14,16,18-21,24H,2-7,15,17,31H2,1H3,(H,33,36)/t20-/m1/s1. The molecule has 0 unspecified atom stereocenters. The summed E-state index contributed by atoms with van der Waals surface area (Å²) in [7, 11) is 0. The van der Waals surface area contributed by atoms with Crippen molar-refractivity contribution in [3.63, 3.8) is 0 Å². The number of imidazole rings is 1. The Hall–Kier alpha value is -3.94. The summed E-state index contributed by atoms with van der Waals surface area (Å²) in [5.74, 6) is 1.33. The number of aryl methyl sites for hydroxylation is 1. The van der Waals surface area contributed by atoms with Crippen molar-refractivity contribution in [1.29, 1.82) is 0 Å². The number of hydrogen-bond acceptors (Lipinski definition) is 5. The zero-order chi connectivity index (χ0) is 26.1. The van der Waals surface area contributed by atoms with E-state index in [9.17, 15) is 4.79 Å². The molecule has 2 saturated carbocycles. The van der Waals surface area contributed by atoms with E-state index in [0.29, 0.717) is 24.3 Å². The predicted molar refractivity (Wildman–Crippen MR) is 149 cm³/mol. The number of aromatic nitrogens is 3. The second-order valence-corrected chi connectivity index (χ2v) is 10.5. The monoisotopic (exact) mass is 513 g/mol. The van der Waals surface area contributed by atoms with Gasteiger partial charge in [-0.3, -0.25) is 5.32 Å². The number of hydrogen-bond donors (Lipinski definition) is 2. The molecule has 0 saturated heterocycles. The van der Waals surface area contributed by atoms with Crippen LogP contribution in [0.3, 0.4) is 0 Å². The maximum atomic E-state index is 12.3. The van der Waals surface area contributed by atoms with Gasteiger partial charge in [-0.1, -0.05) is 12.1 Å². The van der Waals surface area contributed by atoms with Gasteiger partial charge in [-0.2, -0.15) is 0 Å². The summed E-state index contributed by atoms with van der Waals surface area (Å²) in [6, 6.07) is 14.5. The Morgan fingerprint density at radius 3 is 2.66 bits per heavy atom. The minimum atomic E-state index is -0.405. The molecule has 1 atom stereocenters. The van der Waals surface area contributed by atoms with E-state index in [2.05, 4.69) is 27.0 Å². The van der Waals surface area contributed by atoms with Crippen molar-refractivity contribution in [2.75, 3.05) is 17.7 Å². The van der Waals surface area contributed by atoms with Gasteiger partial charge in [-0.05, 0) is 81.7 Å². The van der Waals surface area contributed by atoms with E-state index in [4.69, 9.17) is 15.2 Å². The average molecular weight is 514 g/mol. The molecule has 2 aliphatic rings. The second kappa shape index (κ2) is 10.4. The number of carbonyl (C=O) groups excluding carboxylic acids is 1. The fraction of sp³-hybridized carbons (Fsp3) is 0.400. The highest BCUT2D eigenvalue weighted by atomic mass is 16.6.